The fraction of sp³-hybridized carbons (Fsp3) is 0.308. The second-order valence-electron chi connectivity index (χ2n) is 4.28. The van der Waals surface area contributed by atoms with E-state index in [1.165, 1.54) is 12.3 Å². The number of H-pyrrole nitrogens is 1. The fourth-order valence-electron chi connectivity index (χ4n) is 1.73. The van der Waals surface area contributed by atoms with Crippen LogP contribution in [0.5, 0.6) is 0 Å². The lowest BCUT2D eigenvalue weighted by Gasteiger charge is -2.08. The van der Waals surface area contributed by atoms with Crippen LogP contribution in [0.15, 0.2) is 30.5 Å². The first kappa shape index (κ1) is 13.6. The monoisotopic (exact) mass is 269 g/mol. The van der Waals surface area contributed by atoms with Gasteiger partial charge < -0.3 is 10.7 Å². The van der Waals surface area contributed by atoms with Gasteiger partial charge in [0.15, 0.2) is 0 Å². The number of rotatable bonds is 3. The van der Waals surface area contributed by atoms with Crippen LogP contribution < -0.4 is 5.73 Å². The Balaban J connectivity index is 2.34. The first-order valence-corrected chi connectivity index (χ1v) is 5.90. The summed E-state index contributed by atoms with van der Waals surface area (Å²) in [5.74, 6) is 0.579. The maximum absolute atomic E-state index is 12.6. The van der Waals surface area contributed by atoms with Gasteiger partial charge in [-0.3, -0.25) is 0 Å². The molecule has 0 saturated heterocycles. The van der Waals surface area contributed by atoms with Crippen LogP contribution in [0.4, 0.5) is 13.2 Å². The predicted molar refractivity (Wildman–Crippen MR) is 66.2 cm³/mol. The third-order valence-electron chi connectivity index (χ3n) is 2.89. The second-order valence-corrected chi connectivity index (χ2v) is 4.28. The lowest BCUT2D eigenvalue weighted by molar-refractivity contribution is -0.137. The van der Waals surface area contributed by atoms with E-state index in [1.54, 1.807) is 6.07 Å². The number of nitrogens with zero attached hydrogens (tertiary/aromatic N) is 1. The Morgan fingerprint density at radius 3 is 2.74 bits per heavy atom. The van der Waals surface area contributed by atoms with E-state index in [9.17, 15) is 13.2 Å². The highest BCUT2D eigenvalue weighted by molar-refractivity contribution is 5.59. The van der Waals surface area contributed by atoms with E-state index in [4.69, 9.17) is 5.73 Å². The molecule has 1 aromatic heterocycles. The van der Waals surface area contributed by atoms with E-state index in [-0.39, 0.29) is 6.04 Å². The first-order chi connectivity index (χ1) is 8.91. The van der Waals surface area contributed by atoms with E-state index in [1.807, 2.05) is 6.92 Å². The molecular formula is C13H14F3N3. The van der Waals surface area contributed by atoms with Crippen LogP contribution >= 0.6 is 0 Å². The van der Waals surface area contributed by atoms with Gasteiger partial charge in [-0.2, -0.15) is 13.2 Å². The average molecular weight is 269 g/mol. The molecule has 0 saturated carbocycles. The standard InChI is InChI=1S/C13H14F3N3/c1-2-10(17)12-18-7-11(19-12)8-4-3-5-9(6-8)13(14,15)16/h3-7,10H,2,17H2,1H3,(H,18,19). The molecule has 19 heavy (non-hydrogen) atoms. The fourth-order valence-corrected chi connectivity index (χ4v) is 1.73. The van der Waals surface area contributed by atoms with Crippen molar-refractivity contribution in [1.82, 2.24) is 9.97 Å². The molecule has 0 fully saturated rings. The van der Waals surface area contributed by atoms with Crippen LogP contribution in [0.1, 0.15) is 30.8 Å². The Morgan fingerprint density at radius 2 is 2.11 bits per heavy atom. The van der Waals surface area contributed by atoms with Gasteiger partial charge in [-0.25, -0.2) is 4.98 Å². The number of nitrogens with one attached hydrogen (secondary N) is 1. The number of imidazole rings is 1. The second kappa shape index (κ2) is 5.05. The molecule has 3 nitrogen and oxygen atoms in total. The van der Waals surface area contributed by atoms with Crippen LogP contribution in [0, 0.1) is 0 Å². The van der Waals surface area contributed by atoms with Crippen molar-refractivity contribution >= 4 is 0 Å². The van der Waals surface area contributed by atoms with Gasteiger partial charge in [0.25, 0.3) is 0 Å². The Bertz CT molecular complexity index is 560. The number of aromatic amines is 1. The van der Waals surface area contributed by atoms with Gasteiger partial charge in [-0.15, -0.1) is 0 Å². The quantitative estimate of drug-likeness (QED) is 0.895. The molecule has 1 heterocycles. The molecule has 1 unspecified atom stereocenters. The highest BCUT2D eigenvalue weighted by Crippen LogP contribution is 2.31. The van der Waals surface area contributed by atoms with Crippen molar-refractivity contribution in [3.05, 3.63) is 41.9 Å². The molecule has 0 aliphatic carbocycles. The first-order valence-electron chi connectivity index (χ1n) is 5.90. The molecular weight excluding hydrogens is 255 g/mol. The minimum atomic E-state index is -4.35. The molecule has 0 aliphatic rings. The maximum Gasteiger partial charge on any atom is 0.416 e. The number of aromatic nitrogens is 2. The van der Waals surface area contributed by atoms with Crippen LogP contribution in [0.2, 0.25) is 0 Å². The molecule has 102 valence electrons. The van der Waals surface area contributed by atoms with Crippen LogP contribution in [0.3, 0.4) is 0 Å². The number of halogens is 3. The predicted octanol–water partition coefficient (Wildman–Crippen LogP) is 3.51. The van der Waals surface area contributed by atoms with Gasteiger partial charge in [-0.1, -0.05) is 19.1 Å². The zero-order valence-corrected chi connectivity index (χ0v) is 10.3. The maximum atomic E-state index is 12.6. The smallest absolute Gasteiger partial charge is 0.341 e. The molecule has 1 aromatic carbocycles. The summed E-state index contributed by atoms with van der Waals surface area (Å²) >= 11 is 0. The van der Waals surface area contributed by atoms with Crippen molar-refractivity contribution in [3.8, 4) is 11.3 Å². The van der Waals surface area contributed by atoms with Gasteiger partial charge in [0, 0.05) is 5.56 Å². The van der Waals surface area contributed by atoms with Gasteiger partial charge in [-0.05, 0) is 18.6 Å². The number of nitrogens with two attached hydrogens (primary N) is 1. The molecule has 1 atom stereocenters. The molecule has 0 radical (unpaired) electrons. The van der Waals surface area contributed by atoms with Crippen molar-refractivity contribution in [2.75, 3.05) is 0 Å². The summed E-state index contributed by atoms with van der Waals surface area (Å²) in [6, 6.07) is 4.87. The Labute approximate surface area is 108 Å². The molecule has 0 bridgehead atoms. The summed E-state index contributed by atoms with van der Waals surface area (Å²) in [6.07, 6.45) is -2.14. The summed E-state index contributed by atoms with van der Waals surface area (Å²) < 4.78 is 37.9. The van der Waals surface area contributed by atoms with E-state index >= 15 is 0 Å². The van der Waals surface area contributed by atoms with Crippen LogP contribution in [-0.4, -0.2) is 9.97 Å². The lowest BCUT2D eigenvalue weighted by Crippen LogP contribution is -2.10. The van der Waals surface area contributed by atoms with Crippen molar-refractivity contribution in [3.63, 3.8) is 0 Å². The van der Waals surface area contributed by atoms with Gasteiger partial charge in [0.05, 0.1) is 23.5 Å². The van der Waals surface area contributed by atoms with Crippen LogP contribution in [0.25, 0.3) is 11.3 Å². The summed E-state index contributed by atoms with van der Waals surface area (Å²) in [6.45, 7) is 1.91. The van der Waals surface area contributed by atoms with E-state index in [2.05, 4.69) is 9.97 Å². The summed E-state index contributed by atoms with van der Waals surface area (Å²) in [5, 5.41) is 0. The van der Waals surface area contributed by atoms with Crippen LogP contribution in [-0.2, 0) is 6.18 Å². The van der Waals surface area contributed by atoms with Crippen molar-refractivity contribution in [2.45, 2.75) is 25.6 Å². The third-order valence-corrected chi connectivity index (χ3v) is 2.89. The van der Waals surface area contributed by atoms with E-state index < -0.39 is 11.7 Å². The molecule has 3 N–H and O–H groups in total. The minimum Gasteiger partial charge on any atom is -0.341 e. The normalized spacial score (nSPS) is 13.5. The Kier molecular flexibility index (Phi) is 3.61. The lowest BCUT2D eigenvalue weighted by atomic mass is 10.1. The van der Waals surface area contributed by atoms with Crippen molar-refractivity contribution in [2.24, 2.45) is 5.73 Å². The molecule has 0 amide bonds. The number of hydrogen-bond donors (Lipinski definition) is 2. The topological polar surface area (TPSA) is 54.7 Å². The molecule has 0 spiro atoms. The highest BCUT2D eigenvalue weighted by atomic mass is 19.4. The molecule has 0 aliphatic heterocycles. The van der Waals surface area contributed by atoms with Gasteiger partial charge >= 0.3 is 6.18 Å². The van der Waals surface area contributed by atoms with Crippen molar-refractivity contribution < 1.29 is 13.2 Å². The zero-order chi connectivity index (χ0) is 14.0. The third kappa shape index (κ3) is 2.96. The number of hydrogen-bond acceptors (Lipinski definition) is 2. The van der Waals surface area contributed by atoms with Gasteiger partial charge in [0.2, 0.25) is 0 Å². The van der Waals surface area contributed by atoms with Gasteiger partial charge in [0.1, 0.15) is 5.82 Å². The summed E-state index contributed by atoms with van der Waals surface area (Å²) in [5.41, 5.74) is 6.11. The average Bonchev–Trinajstić information content (AvgIpc) is 2.86. The molecule has 2 aromatic rings. The Morgan fingerprint density at radius 1 is 1.37 bits per heavy atom. The number of alkyl halides is 3. The minimum absolute atomic E-state index is 0.237. The highest BCUT2D eigenvalue weighted by Gasteiger charge is 2.30. The number of benzene rings is 1. The van der Waals surface area contributed by atoms with E-state index in [0.717, 1.165) is 12.1 Å². The Hall–Kier alpha value is -1.82. The summed E-state index contributed by atoms with van der Waals surface area (Å²) in [7, 11) is 0. The molecule has 6 heteroatoms. The molecule has 2 rings (SSSR count). The zero-order valence-electron chi connectivity index (χ0n) is 10.3. The summed E-state index contributed by atoms with van der Waals surface area (Å²) in [4.78, 5) is 7.05. The van der Waals surface area contributed by atoms with E-state index in [0.29, 0.717) is 23.5 Å². The van der Waals surface area contributed by atoms with Crippen molar-refractivity contribution in [1.29, 1.82) is 0 Å². The largest absolute Gasteiger partial charge is 0.416 e. The SMILES string of the molecule is CCC(N)c1ncc(-c2cccc(C(F)(F)F)c2)[nH]1.